The van der Waals surface area contributed by atoms with Crippen molar-refractivity contribution in [2.45, 2.75) is 13.1 Å². The van der Waals surface area contributed by atoms with Gasteiger partial charge in [0.2, 0.25) is 5.89 Å². The molecular weight excluding hydrogens is 526 g/mol. The van der Waals surface area contributed by atoms with Crippen LogP contribution < -0.4 is 10.6 Å². The number of hydrogen-bond acceptors (Lipinski definition) is 3. The molecule has 0 fully saturated rings. The zero-order chi connectivity index (χ0) is 18.4. The van der Waals surface area contributed by atoms with Gasteiger partial charge in [0.1, 0.15) is 12.1 Å². The van der Waals surface area contributed by atoms with Crippen LogP contribution in [0.4, 0.5) is 4.39 Å². The van der Waals surface area contributed by atoms with Gasteiger partial charge >= 0.3 is 0 Å². The summed E-state index contributed by atoms with van der Waals surface area (Å²) in [6.07, 6.45) is 1.62. The number of oxazole rings is 1. The maximum Gasteiger partial charge on any atom is 0.226 e. The van der Waals surface area contributed by atoms with Gasteiger partial charge in [-0.2, -0.15) is 0 Å². The number of nitrogens with one attached hydrogen (secondary N) is 2. The molecule has 3 rings (SSSR count). The first-order chi connectivity index (χ1) is 12.6. The first-order valence-corrected chi connectivity index (χ1v) is 8.82. The van der Waals surface area contributed by atoms with Crippen LogP contribution >= 0.6 is 39.9 Å². The lowest BCUT2D eigenvalue weighted by atomic mass is 10.2. The average molecular weight is 545 g/mol. The topological polar surface area (TPSA) is 62.5 Å². The molecule has 142 valence electrons. The van der Waals surface area contributed by atoms with Gasteiger partial charge in [0.05, 0.1) is 12.2 Å². The van der Waals surface area contributed by atoms with Gasteiger partial charge in [-0.05, 0) is 35.9 Å². The van der Waals surface area contributed by atoms with E-state index in [-0.39, 0.29) is 29.8 Å². The van der Waals surface area contributed by atoms with Crippen molar-refractivity contribution in [2.24, 2.45) is 4.99 Å². The van der Waals surface area contributed by atoms with Gasteiger partial charge < -0.3 is 15.1 Å². The van der Waals surface area contributed by atoms with Crippen molar-refractivity contribution in [3.63, 3.8) is 0 Å². The van der Waals surface area contributed by atoms with Crippen molar-refractivity contribution in [3.05, 3.63) is 76.3 Å². The monoisotopic (exact) mass is 544 g/mol. The third-order valence-corrected chi connectivity index (χ3v) is 4.07. The second kappa shape index (κ2) is 10.4. The van der Waals surface area contributed by atoms with Crippen molar-refractivity contribution < 1.29 is 8.81 Å². The van der Waals surface area contributed by atoms with Crippen LogP contribution in [0.3, 0.4) is 0 Å². The lowest BCUT2D eigenvalue weighted by Gasteiger charge is -2.11. The van der Waals surface area contributed by atoms with Crippen LogP contribution in [0.2, 0.25) is 0 Å². The lowest BCUT2D eigenvalue weighted by molar-refractivity contribution is 0.572. The van der Waals surface area contributed by atoms with E-state index >= 15 is 0 Å². The second-order valence-electron chi connectivity index (χ2n) is 5.57. The van der Waals surface area contributed by atoms with E-state index in [9.17, 15) is 4.39 Å². The quantitative estimate of drug-likeness (QED) is 0.277. The van der Waals surface area contributed by atoms with Crippen LogP contribution in [0, 0.1) is 5.82 Å². The van der Waals surface area contributed by atoms with E-state index in [0.717, 1.165) is 16.8 Å². The molecule has 8 heteroatoms. The van der Waals surface area contributed by atoms with Gasteiger partial charge in [0, 0.05) is 23.6 Å². The third-order valence-electron chi connectivity index (χ3n) is 3.62. The highest BCUT2D eigenvalue weighted by atomic mass is 127. The fraction of sp³-hybridized carbons (Fsp3) is 0.158. The van der Waals surface area contributed by atoms with E-state index in [1.54, 1.807) is 13.3 Å². The normalized spacial score (nSPS) is 11.0. The zero-order valence-electron chi connectivity index (χ0n) is 14.6. The Hall–Kier alpha value is -1.94. The molecule has 0 unspecified atom stereocenters. The molecule has 0 radical (unpaired) electrons. The zero-order valence-corrected chi connectivity index (χ0v) is 18.5. The number of halogens is 3. The number of hydrogen-bond donors (Lipinski definition) is 2. The van der Waals surface area contributed by atoms with Gasteiger partial charge in [-0.3, -0.25) is 4.99 Å². The molecule has 5 nitrogen and oxygen atoms in total. The van der Waals surface area contributed by atoms with E-state index < -0.39 is 0 Å². The Labute approximate surface area is 182 Å². The van der Waals surface area contributed by atoms with Crippen LogP contribution in [0.1, 0.15) is 11.3 Å². The highest BCUT2D eigenvalue weighted by Gasteiger charge is 2.07. The molecule has 2 N–H and O–H groups in total. The van der Waals surface area contributed by atoms with E-state index in [1.807, 2.05) is 36.4 Å². The van der Waals surface area contributed by atoms with Gasteiger partial charge in [-0.1, -0.05) is 34.1 Å². The average Bonchev–Trinajstić information content (AvgIpc) is 3.11. The van der Waals surface area contributed by atoms with Crippen LogP contribution in [-0.2, 0) is 13.1 Å². The summed E-state index contributed by atoms with van der Waals surface area (Å²) in [6, 6.07) is 14.5. The Morgan fingerprint density at radius 3 is 2.59 bits per heavy atom. The largest absolute Gasteiger partial charge is 0.444 e. The molecule has 0 bridgehead atoms. The minimum atomic E-state index is -0.282. The second-order valence-corrected chi connectivity index (χ2v) is 6.48. The van der Waals surface area contributed by atoms with Gasteiger partial charge in [-0.15, -0.1) is 24.0 Å². The Balaban J connectivity index is 0.00000261. The number of rotatable bonds is 5. The molecule has 1 heterocycles. The molecular formula is C19H19BrFIN4O. The molecule has 0 saturated heterocycles. The molecule has 0 atom stereocenters. The maximum absolute atomic E-state index is 13.4. The maximum atomic E-state index is 13.4. The predicted molar refractivity (Wildman–Crippen MR) is 118 cm³/mol. The number of aliphatic imine (C=N–C) groups is 1. The summed E-state index contributed by atoms with van der Waals surface area (Å²) >= 11 is 3.29. The third kappa shape index (κ3) is 6.31. The smallest absolute Gasteiger partial charge is 0.226 e. The number of aromatic nitrogens is 1. The Morgan fingerprint density at radius 2 is 1.89 bits per heavy atom. The molecule has 0 amide bonds. The molecule has 1 aromatic heterocycles. The molecule has 0 aliphatic carbocycles. The molecule has 3 aromatic rings. The standard InChI is InChI=1S/C19H18BrFN4O.HI/c1-22-19(23-10-13-7-15(20)9-16(21)8-13)24-11-17-12-26-18(25-17)14-5-3-2-4-6-14;/h2-9,12H,10-11H2,1H3,(H2,22,23,24);1H. The molecule has 0 aliphatic rings. The minimum Gasteiger partial charge on any atom is -0.444 e. The Kier molecular flexibility index (Phi) is 8.23. The number of benzene rings is 2. The summed E-state index contributed by atoms with van der Waals surface area (Å²) in [5, 5.41) is 6.30. The van der Waals surface area contributed by atoms with Crippen molar-refractivity contribution in [1.29, 1.82) is 0 Å². The highest BCUT2D eigenvalue weighted by molar-refractivity contribution is 14.0. The van der Waals surface area contributed by atoms with Crippen molar-refractivity contribution >= 4 is 45.9 Å². The van der Waals surface area contributed by atoms with E-state index in [1.165, 1.54) is 12.1 Å². The van der Waals surface area contributed by atoms with E-state index in [4.69, 9.17) is 4.42 Å². The van der Waals surface area contributed by atoms with Crippen molar-refractivity contribution in [3.8, 4) is 11.5 Å². The summed E-state index contributed by atoms with van der Waals surface area (Å²) in [7, 11) is 1.68. The van der Waals surface area contributed by atoms with Gasteiger partial charge in [0.25, 0.3) is 0 Å². The summed E-state index contributed by atoms with van der Waals surface area (Å²) in [5.41, 5.74) is 2.51. The molecule has 0 saturated carbocycles. The van der Waals surface area contributed by atoms with Crippen molar-refractivity contribution in [1.82, 2.24) is 15.6 Å². The Bertz CT molecular complexity index is 881. The molecule has 2 aromatic carbocycles. The first kappa shape index (κ1) is 21.4. The van der Waals surface area contributed by atoms with Gasteiger partial charge in [-0.25, -0.2) is 9.37 Å². The number of guanidine groups is 1. The van der Waals surface area contributed by atoms with Crippen LogP contribution in [0.15, 0.2) is 68.7 Å². The molecule has 0 spiro atoms. The SMILES string of the molecule is CN=C(NCc1cc(F)cc(Br)c1)NCc1coc(-c2ccccc2)n1.I. The summed E-state index contributed by atoms with van der Waals surface area (Å²) < 4.78 is 19.6. The van der Waals surface area contributed by atoms with E-state index in [0.29, 0.717) is 29.4 Å². The fourth-order valence-electron chi connectivity index (χ4n) is 2.40. The summed E-state index contributed by atoms with van der Waals surface area (Å²) in [4.78, 5) is 8.62. The van der Waals surface area contributed by atoms with Crippen LogP contribution in [0.25, 0.3) is 11.5 Å². The van der Waals surface area contributed by atoms with E-state index in [2.05, 4.69) is 36.5 Å². The minimum absolute atomic E-state index is 0. The predicted octanol–water partition coefficient (Wildman–Crippen LogP) is 4.73. The lowest BCUT2D eigenvalue weighted by Crippen LogP contribution is -2.36. The Morgan fingerprint density at radius 1 is 1.15 bits per heavy atom. The molecule has 27 heavy (non-hydrogen) atoms. The highest BCUT2D eigenvalue weighted by Crippen LogP contribution is 2.18. The van der Waals surface area contributed by atoms with Crippen molar-refractivity contribution in [2.75, 3.05) is 7.05 Å². The van der Waals surface area contributed by atoms with Gasteiger partial charge in [0.15, 0.2) is 5.96 Å². The fourth-order valence-corrected chi connectivity index (χ4v) is 2.91. The summed E-state index contributed by atoms with van der Waals surface area (Å²) in [6.45, 7) is 0.910. The van der Waals surface area contributed by atoms with Crippen LogP contribution in [-0.4, -0.2) is 18.0 Å². The first-order valence-electron chi connectivity index (χ1n) is 8.03. The van der Waals surface area contributed by atoms with Crippen LogP contribution in [0.5, 0.6) is 0 Å². The summed E-state index contributed by atoms with van der Waals surface area (Å²) in [5.74, 6) is 0.889. The molecule has 0 aliphatic heterocycles. The number of nitrogens with zero attached hydrogens (tertiary/aromatic N) is 2.